The number of amides is 1. The van der Waals surface area contributed by atoms with Crippen molar-refractivity contribution in [2.45, 2.75) is 37.7 Å². The monoisotopic (exact) mass is 447 g/mol. The third-order valence-electron chi connectivity index (χ3n) is 4.80. The minimum atomic E-state index is -4.17. The SMILES string of the molecule is Cc1ccc(C)c(S(=O)(=O)Oc2ccccc2C(=O)OCC(=O)NC[C@@H]2CCCO2)c1. The Morgan fingerprint density at radius 1 is 1.16 bits per heavy atom. The van der Waals surface area contributed by atoms with Crippen LogP contribution in [0.2, 0.25) is 0 Å². The van der Waals surface area contributed by atoms with Crippen molar-refractivity contribution in [2.75, 3.05) is 19.8 Å². The molecule has 3 rings (SSSR count). The van der Waals surface area contributed by atoms with Crippen LogP contribution in [0.3, 0.4) is 0 Å². The molecule has 1 N–H and O–H groups in total. The van der Waals surface area contributed by atoms with Gasteiger partial charge in [0.1, 0.15) is 10.5 Å². The van der Waals surface area contributed by atoms with Crippen molar-refractivity contribution in [3.05, 3.63) is 59.2 Å². The van der Waals surface area contributed by atoms with Gasteiger partial charge in [0.05, 0.1) is 6.10 Å². The van der Waals surface area contributed by atoms with Crippen molar-refractivity contribution >= 4 is 22.0 Å². The van der Waals surface area contributed by atoms with Crippen molar-refractivity contribution < 1.29 is 31.7 Å². The Balaban J connectivity index is 1.66. The normalized spacial score (nSPS) is 16.0. The molecule has 1 atom stereocenters. The number of hydrogen-bond acceptors (Lipinski definition) is 7. The Morgan fingerprint density at radius 2 is 1.94 bits per heavy atom. The van der Waals surface area contributed by atoms with Gasteiger partial charge in [-0.15, -0.1) is 0 Å². The Hall–Kier alpha value is -2.91. The minimum absolute atomic E-state index is 0.0178. The second kappa shape index (κ2) is 9.93. The van der Waals surface area contributed by atoms with Crippen LogP contribution in [-0.4, -0.2) is 46.2 Å². The molecule has 1 saturated heterocycles. The molecule has 31 heavy (non-hydrogen) atoms. The predicted octanol–water partition coefficient (Wildman–Crippen LogP) is 2.52. The van der Waals surface area contributed by atoms with Gasteiger partial charge < -0.3 is 19.0 Å². The molecule has 0 aromatic heterocycles. The van der Waals surface area contributed by atoms with E-state index in [9.17, 15) is 18.0 Å². The molecule has 1 heterocycles. The molecule has 8 nitrogen and oxygen atoms in total. The summed E-state index contributed by atoms with van der Waals surface area (Å²) in [5.74, 6) is -1.50. The fourth-order valence-corrected chi connectivity index (χ4v) is 4.40. The van der Waals surface area contributed by atoms with E-state index in [2.05, 4.69) is 5.32 Å². The largest absolute Gasteiger partial charge is 0.452 e. The lowest BCUT2D eigenvalue weighted by atomic mass is 10.2. The fourth-order valence-electron chi connectivity index (χ4n) is 3.14. The smallest absolute Gasteiger partial charge is 0.342 e. The summed E-state index contributed by atoms with van der Waals surface area (Å²) in [4.78, 5) is 24.4. The number of benzene rings is 2. The Bertz CT molecular complexity index is 1060. The predicted molar refractivity (Wildman–Crippen MR) is 112 cm³/mol. The van der Waals surface area contributed by atoms with Crippen LogP contribution in [0.1, 0.15) is 34.3 Å². The number of hydrogen-bond donors (Lipinski definition) is 1. The fraction of sp³-hybridized carbons (Fsp3) is 0.364. The van der Waals surface area contributed by atoms with E-state index in [-0.39, 0.29) is 22.3 Å². The van der Waals surface area contributed by atoms with Gasteiger partial charge in [-0.1, -0.05) is 24.3 Å². The Kier molecular flexibility index (Phi) is 7.29. The van der Waals surface area contributed by atoms with E-state index in [1.165, 1.54) is 18.2 Å². The lowest BCUT2D eigenvalue weighted by molar-refractivity contribution is -0.124. The van der Waals surface area contributed by atoms with Crippen LogP contribution in [-0.2, 0) is 24.4 Å². The number of nitrogens with one attached hydrogen (secondary N) is 1. The maximum atomic E-state index is 12.8. The molecule has 0 unspecified atom stereocenters. The van der Waals surface area contributed by atoms with Gasteiger partial charge in [0.2, 0.25) is 0 Å². The van der Waals surface area contributed by atoms with Gasteiger partial charge in [-0.3, -0.25) is 4.79 Å². The standard InChI is InChI=1S/C22H25NO7S/c1-15-9-10-16(2)20(12-15)31(26,27)30-19-8-4-3-7-18(19)22(25)29-14-21(24)23-13-17-6-5-11-28-17/h3-4,7-10,12,17H,5-6,11,13-14H2,1-2H3,(H,23,24)/t17-/m0/s1. The van der Waals surface area contributed by atoms with Gasteiger partial charge in [0, 0.05) is 13.2 Å². The van der Waals surface area contributed by atoms with Crippen molar-refractivity contribution in [2.24, 2.45) is 0 Å². The quantitative estimate of drug-likeness (QED) is 0.489. The molecule has 0 spiro atoms. The van der Waals surface area contributed by atoms with Crippen molar-refractivity contribution in [3.63, 3.8) is 0 Å². The highest BCUT2D eigenvalue weighted by atomic mass is 32.2. The number of rotatable bonds is 8. The van der Waals surface area contributed by atoms with E-state index in [1.54, 1.807) is 38.1 Å². The Morgan fingerprint density at radius 3 is 2.68 bits per heavy atom. The zero-order valence-corrected chi connectivity index (χ0v) is 18.2. The van der Waals surface area contributed by atoms with E-state index in [0.29, 0.717) is 18.7 Å². The summed E-state index contributed by atoms with van der Waals surface area (Å²) >= 11 is 0. The van der Waals surface area contributed by atoms with Crippen molar-refractivity contribution in [1.82, 2.24) is 5.32 Å². The van der Waals surface area contributed by atoms with Crippen LogP contribution < -0.4 is 9.50 Å². The third kappa shape index (κ3) is 6.05. The van der Waals surface area contributed by atoms with Gasteiger partial charge in [0.25, 0.3) is 5.91 Å². The van der Waals surface area contributed by atoms with E-state index in [0.717, 1.165) is 18.4 Å². The molecule has 9 heteroatoms. The molecular formula is C22H25NO7S. The summed E-state index contributed by atoms with van der Waals surface area (Å²) in [6.07, 6.45) is 1.81. The molecule has 2 aromatic rings. The van der Waals surface area contributed by atoms with Crippen LogP contribution >= 0.6 is 0 Å². The molecule has 166 valence electrons. The lowest BCUT2D eigenvalue weighted by Gasteiger charge is -2.13. The van der Waals surface area contributed by atoms with Crippen molar-refractivity contribution in [3.8, 4) is 5.75 Å². The minimum Gasteiger partial charge on any atom is -0.452 e. The lowest BCUT2D eigenvalue weighted by Crippen LogP contribution is -2.34. The highest BCUT2D eigenvalue weighted by Gasteiger charge is 2.24. The first kappa shape index (κ1) is 22.8. The first-order valence-corrected chi connectivity index (χ1v) is 11.3. The van der Waals surface area contributed by atoms with Crippen LogP contribution in [0.4, 0.5) is 0 Å². The second-order valence-corrected chi connectivity index (χ2v) is 8.83. The van der Waals surface area contributed by atoms with Crippen molar-refractivity contribution in [1.29, 1.82) is 0 Å². The zero-order valence-electron chi connectivity index (χ0n) is 17.4. The Labute approximate surface area is 181 Å². The van der Waals surface area contributed by atoms with Crippen LogP contribution in [0.25, 0.3) is 0 Å². The number of ether oxygens (including phenoxy) is 2. The molecule has 0 saturated carbocycles. The summed E-state index contributed by atoms with van der Waals surface area (Å²) in [5.41, 5.74) is 1.19. The summed E-state index contributed by atoms with van der Waals surface area (Å²) in [7, 11) is -4.17. The summed E-state index contributed by atoms with van der Waals surface area (Å²) in [6, 6.07) is 10.8. The van der Waals surface area contributed by atoms with Crippen LogP contribution in [0.5, 0.6) is 5.75 Å². The average Bonchev–Trinajstić information content (AvgIpc) is 3.26. The van der Waals surface area contributed by atoms with Crippen LogP contribution in [0.15, 0.2) is 47.4 Å². The van der Waals surface area contributed by atoms with E-state index in [1.807, 2.05) is 0 Å². The molecule has 0 bridgehead atoms. The summed E-state index contributed by atoms with van der Waals surface area (Å²) in [6.45, 7) is 3.96. The first-order valence-electron chi connectivity index (χ1n) is 9.92. The number of para-hydroxylation sites is 1. The molecule has 0 radical (unpaired) electrons. The number of carbonyl (C=O) groups is 2. The summed E-state index contributed by atoms with van der Waals surface area (Å²) in [5, 5.41) is 2.65. The number of carbonyl (C=O) groups excluding carboxylic acids is 2. The summed E-state index contributed by atoms with van der Waals surface area (Å²) < 4.78 is 41.3. The zero-order chi connectivity index (χ0) is 22.4. The van der Waals surface area contributed by atoms with E-state index in [4.69, 9.17) is 13.7 Å². The maximum absolute atomic E-state index is 12.8. The molecule has 0 aliphatic carbocycles. The van der Waals surface area contributed by atoms with Gasteiger partial charge in [-0.05, 0) is 56.0 Å². The second-order valence-electron chi connectivity index (χ2n) is 7.32. The first-order chi connectivity index (χ1) is 14.8. The van der Waals surface area contributed by atoms with Gasteiger partial charge >= 0.3 is 16.1 Å². The van der Waals surface area contributed by atoms with Gasteiger partial charge in [-0.25, -0.2) is 4.79 Å². The molecule has 2 aromatic carbocycles. The molecule has 1 aliphatic heterocycles. The highest BCUT2D eigenvalue weighted by molar-refractivity contribution is 7.87. The molecule has 1 amide bonds. The third-order valence-corrected chi connectivity index (χ3v) is 6.18. The van der Waals surface area contributed by atoms with E-state index < -0.39 is 28.6 Å². The van der Waals surface area contributed by atoms with Gasteiger partial charge in [0.15, 0.2) is 12.4 Å². The molecule has 1 fully saturated rings. The number of esters is 1. The average molecular weight is 448 g/mol. The number of aryl methyl sites for hydroxylation is 2. The molecule has 1 aliphatic rings. The van der Waals surface area contributed by atoms with E-state index >= 15 is 0 Å². The topological polar surface area (TPSA) is 108 Å². The van der Waals surface area contributed by atoms with Crippen LogP contribution in [0, 0.1) is 13.8 Å². The van der Waals surface area contributed by atoms with Gasteiger partial charge in [-0.2, -0.15) is 8.42 Å². The highest BCUT2D eigenvalue weighted by Crippen LogP contribution is 2.26. The molecular weight excluding hydrogens is 422 g/mol. The maximum Gasteiger partial charge on any atom is 0.342 e.